The topological polar surface area (TPSA) is 92.7 Å². The molecule has 0 spiro atoms. The fraction of sp³-hybridized carbons (Fsp3) is 0.650. The van der Waals surface area contributed by atoms with E-state index in [2.05, 4.69) is 0 Å². The van der Waals surface area contributed by atoms with Crippen molar-refractivity contribution in [1.82, 2.24) is 0 Å². The molecule has 3 unspecified atom stereocenters. The lowest BCUT2D eigenvalue weighted by Gasteiger charge is -2.45. The number of carbonyl (C=O) groups is 1. The molecule has 0 bridgehead atoms. The molecule has 1 aromatic carbocycles. The van der Waals surface area contributed by atoms with Gasteiger partial charge in [0.25, 0.3) is 0 Å². The van der Waals surface area contributed by atoms with Crippen LogP contribution in [-0.2, 0) is 39.8 Å². The zero-order valence-corrected chi connectivity index (χ0v) is 16.8. The normalized spacial score (nSPS) is 27.8. The second-order valence-corrected chi connectivity index (χ2v) is 6.79. The molecule has 28 heavy (non-hydrogen) atoms. The maximum absolute atomic E-state index is 11.0. The van der Waals surface area contributed by atoms with Gasteiger partial charge in [0, 0.05) is 14.2 Å². The van der Waals surface area contributed by atoms with Gasteiger partial charge in [-0.05, 0) is 19.4 Å². The zero-order valence-electron chi connectivity index (χ0n) is 16.8. The van der Waals surface area contributed by atoms with Crippen molar-refractivity contribution in [1.29, 1.82) is 0 Å². The van der Waals surface area contributed by atoms with Crippen molar-refractivity contribution in [2.24, 2.45) is 0 Å². The van der Waals surface area contributed by atoms with Crippen LogP contribution in [0, 0.1) is 0 Å². The molecule has 8 heteroatoms. The van der Waals surface area contributed by atoms with Crippen molar-refractivity contribution in [3.8, 4) is 0 Å². The summed E-state index contributed by atoms with van der Waals surface area (Å²) in [5.41, 5.74) is 0.966. The van der Waals surface area contributed by atoms with E-state index in [-0.39, 0.29) is 12.7 Å². The average molecular weight is 398 g/mol. The lowest BCUT2D eigenvalue weighted by atomic mass is 9.98. The molecule has 1 N–H and O–H groups in total. The van der Waals surface area contributed by atoms with Gasteiger partial charge < -0.3 is 33.5 Å². The molecule has 0 aromatic heterocycles. The smallest absolute Gasteiger partial charge is 0.329 e. The van der Waals surface area contributed by atoms with Gasteiger partial charge in [-0.25, -0.2) is 4.79 Å². The Morgan fingerprint density at radius 2 is 1.75 bits per heavy atom. The Bertz CT molecular complexity index is 579. The Balaban J connectivity index is 2.16. The Hall–Kier alpha value is -1.55. The van der Waals surface area contributed by atoms with E-state index >= 15 is 0 Å². The number of carboxylic acid groups (broad SMARTS) is 1. The van der Waals surface area contributed by atoms with Crippen LogP contribution in [0.5, 0.6) is 0 Å². The zero-order chi connectivity index (χ0) is 20.5. The minimum Gasteiger partial charge on any atom is -0.480 e. The minimum absolute atomic E-state index is 0.00698. The van der Waals surface area contributed by atoms with Crippen molar-refractivity contribution in [2.75, 3.05) is 27.4 Å². The first-order valence-corrected chi connectivity index (χ1v) is 9.27. The maximum atomic E-state index is 11.0. The number of hydrogen-bond acceptors (Lipinski definition) is 7. The van der Waals surface area contributed by atoms with Gasteiger partial charge in [0.15, 0.2) is 6.29 Å². The highest BCUT2D eigenvalue weighted by Crippen LogP contribution is 2.29. The lowest BCUT2D eigenvalue weighted by molar-refractivity contribution is -0.319. The number of carboxylic acids is 1. The predicted molar refractivity (Wildman–Crippen MR) is 99.9 cm³/mol. The molecule has 5 atom stereocenters. The molecule has 1 aliphatic rings. The summed E-state index contributed by atoms with van der Waals surface area (Å²) < 4.78 is 34.4. The fourth-order valence-electron chi connectivity index (χ4n) is 3.08. The summed E-state index contributed by atoms with van der Waals surface area (Å²) in [6.07, 6.45) is -3.08. The van der Waals surface area contributed by atoms with Crippen LogP contribution in [0.25, 0.3) is 0 Å². The van der Waals surface area contributed by atoms with Crippen molar-refractivity contribution < 1.29 is 38.3 Å². The standard InChI is InChI=1S/C20H30O8/c1-13(2)25-11-15-17(23-3)18(24-4)19(20(28-15)27-12-16(21)22)26-10-14-8-6-5-7-9-14/h5-9,13,15,17-20H,10-12H2,1-4H3,(H,21,22)/t15?,17?,18-,19?,20+/m0/s1. The van der Waals surface area contributed by atoms with Crippen LogP contribution in [-0.4, -0.2) is 75.3 Å². The molecule has 0 aliphatic carbocycles. The Kier molecular flexibility index (Phi) is 9.30. The molecular formula is C20H30O8. The highest BCUT2D eigenvalue weighted by Gasteiger charge is 2.48. The summed E-state index contributed by atoms with van der Waals surface area (Å²) in [4.78, 5) is 11.0. The molecule has 1 heterocycles. The SMILES string of the molecule is COC1C(COC(C)C)O[C@@H](OCC(=O)O)C(OCc2ccccc2)[C@H]1OC. The Labute approximate surface area is 165 Å². The summed E-state index contributed by atoms with van der Waals surface area (Å²) in [6, 6.07) is 9.63. The fourth-order valence-corrected chi connectivity index (χ4v) is 3.08. The van der Waals surface area contributed by atoms with Gasteiger partial charge >= 0.3 is 5.97 Å². The average Bonchev–Trinajstić information content (AvgIpc) is 2.69. The molecule has 2 rings (SSSR count). The van der Waals surface area contributed by atoms with E-state index in [1.165, 1.54) is 0 Å². The van der Waals surface area contributed by atoms with Crippen LogP contribution in [0.2, 0.25) is 0 Å². The molecular weight excluding hydrogens is 368 g/mol. The van der Waals surface area contributed by atoms with Crippen molar-refractivity contribution in [3.63, 3.8) is 0 Å². The third-order valence-electron chi connectivity index (χ3n) is 4.39. The van der Waals surface area contributed by atoms with Crippen LogP contribution in [0.15, 0.2) is 30.3 Å². The van der Waals surface area contributed by atoms with Crippen molar-refractivity contribution in [2.45, 2.75) is 57.3 Å². The van der Waals surface area contributed by atoms with Crippen LogP contribution < -0.4 is 0 Å². The van der Waals surface area contributed by atoms with Crippen LogP contribution in [0.1, 0.15) is 19.4 Å². The number of rotatable bonds is 11. The van der Waals surface area contributed by atoms with Gasteiger partial charge in [-0.1, -0.05) is 30.3 Å². The van der Waals surface area contributed by atoms with Crippen molar-refractivity contribution in [3.05, 3.63) is 35.9 Å². The first kappa shape index (κ1) is 22.7. The highest BCUT2D eigenvalue weighted by atomic mass is 16.7. The van der Waals surface area contributed by atoms with E-state index in [0.717, 1.165) is 5.56 Å². The van der Waals surface area contributed by atoms with Gasteiger partial charge in [-0.15, -0.1) is 0 Å². The van der Waals surface area contributed by atoms with Gasteiger partial charge in [-0.2, -0.15) is 0 Å². The third-order valence-corrected chi connectivity index (χ3v) is 4.39. The molecule has 1 saturated heterocycles. The molecule has 1 aromatic rings. The van der Waals surface area contributed by atoms with E-state index < -0.39 is 43.3 Å². The molecule has 8 nitrogen and oxygen atoms in total. The molecule has 1 aliphatic heterocycles. The van der Waals surface area contributed by atoms with Crippen LogP contribution in [0.3, 0.4) is 0 Å². The summed E-state index contributed by atoms with van der Waals surface area (Å²) in [5.74, 6) is -1.09. The number of hydrogen-bond donors (Lipinski definition) is 1. The molecule has 0 radical (unpaired) electrons. The van der Waals surface area contributed by atoms with E-state index in [9.17, 15) is 4.79 Å². The number of aliphatic carboxylic acids is 1. The quantitative estimate of drug-likeness (QED) is 0.604. The first-order valence-electron chi connectivity index (χ1n) is 9.27. The molecule has 0 amide bonds. The van der Waals surface area contributed by atoms with Crippen molar-refractivity contribution >= 4 is 5.97 Å². The van der Waals surface area contributed by atoms with Crippen LogP contribution >= 0.6 is 0 Å². The lowest BCUT2D eigenvalue weighted by Crippen LogP contribution is -2.61. The molecule has 158 valence electrons. The molecule has 1 fully saturated rings. The highest BCUT2D eigenvalue weighted by molar-refractivity contribution is 5.68. The van der Waals surface area contributed by atoms with Gasteiger partial charge in [0.05, 0.1) is 19.3 Å². The van der Waals surface area contributed by atoms with Gasteiger partial charge in [-0.3, -0.25) is 0 Å². The second-order valence-electron chi connectivity index (χ2n) is 6.79. The van der Waals surface area contributed by atoms with E-state index in [1.807, 2.05) is 44.2 Å². The monoisotopic (exact) mass is 398 g/mol. The number of ether oxygens (including phenoxy) is 6. The number of methoxy groups -OCH3 is 2. The summed E-state index contributed by atoms with van der Waals surface area (Å²) in [7, 11) is 3.12. The Morgan fingerprint density at radius 3 is 2.32 bits per heavy atom. The van der Waals surface area contributed by atoms with E-state index in [1.54, 1.807) is 14.2 Å². The summed E-state index contributed by atoms with van der Waals surface area (Å²) >= 11 is 0. The van der Waals surface area contributed by atoms with Gasteiger partial charge in [0.2, 0.25) is 0 Å². The Morgan fingerprint density at radius 1 is 1.07 bits per heavy atom. The maximum Gasteiger partial charge on any atom is 0.329 e. The molecule has 0 saturated carbocycles. The van der Waals surface area contributed by atoms with Crippen LogP contribution in [0.4, 0.5) is 0 Å². The first-order chi connectivity index (χ1) is 13.5. The summed E-state index contributed by atoms with van der Waals surface area (Å²) in [6.45, 7) is 3.88. The van der Waals surface area contributed by atoms with E-state index in [4.69, 9.17) is 33.5 Å². The summed E-state index contributed by atoms with van der Waals surface area (Å²) in [5, 5.41) is 9.00. The minimum atomic E-state index is -1.09. The second kappa shape index (κ2) is 11.5. The van der Waals surface area contributed by atoms with Gasteiger partial charge in [0.1, 0.15) is 31.0 Å². The number of benzene rings is 1. The van der Waals surface area contributed by atoms with E-state index in [0.29, 0.717) is 6.61 Å². The largest absolute Gasteiger partial charge is 0.480 e. The third kappa shape index (κ3) is 6.51. The predicted octanol–water partition coefficient (Wildman–Crippen LogP) is 1.85.